The van der Waals surface area contributed by atoms with Gasteiger partial charge in [0.1, 0.15) is 5.75 Å². The minimum atomic E-state index is 0.564. The van der Waals surface area contributed by atoms with Crippen LogP contribution in [-0.4, -0.2) is 5.11 Å². The smallest absolute Gasteiger partial charge is 0.121 e. The molecule has 0 radical (unpaired) electrons. The van der Waals surface area contributed by atoms with Gasteiger partial charge in [0, 0.05) is 0 Å². The zero-order valence-electron chi connectivity index (χ0n) is 13.1. The number of phenols is 1. The topological polar surface area (TPSA) is 20.2 Å². The summed E-state index contributed by atoms with van der Waals surface area (Å²) in [5.74, 6) is 1.31. The Morgan fingerprint density at radius 1 is 1.00 bits per heavy atom. The summed E-state index contributed by atoms with van der Waals surface area (Å²) >= 11 is 0. The van der Waals surface area contributed by atoms with E-state index in [0.29, 0.717) is 5.75 Å². The summed E-state index contributed by atoms with van der Waals surface area (Å²) in [5.41, 5.74) is 3.68. The third-order valence-corrected chi connectivity index (χ3v) is 3.76. The molecular formula is C18H30O. The molecule has 0 aliphatic rings. The Morgan fingerprint density at radius 2 is 1.58 bits per heavy atom. The van der Waals surface area contributed by atoms with Crippen molar-refractivity contribution in [3.8, 4) is 5.75 Å². The highest BCUT2D eigenvalue weighted by Gasteiger charge is 2.09. The standard InChI is InChI=1S/C18H30O/c1-5-7-10-16-12-15(6-2)13-17(18(16)19)11-8-9-14(3)4/h12-14,19H,5-11H2,1-4H3. The summed E-state index contributed by atoms with van der Waals surface area (Å²) in [6.45, 7) is 8.90. The lowest BCUT2D eigenvalue weighted by Gasteiger charge is -2.13. The summed E-state index contributed by atoms with van der Waals surface area (Å²) in [4.78, 5) is 0. The van der Waals surface area contributed by atoms with Gasteiger partial charge < -0.3 is 5.11 Å². The van der Waals surface area contributed by atoms with Crippen molar-refractivity contribution in [2.24, 2.45) is 5.92 Å². The summed E-state index contributed by atoms with van der Waals surface area (Å²) in [6, 6.07) is 4.39. The quantitative estimate of drug-likeness (QED) is 0.676. The summed E-state index contributed by atoms with van der Waals surface area (Å²) < 4.78 is 0. The van der Waals surface area contributed by atoms with E-state index in [1.54, 1.807) is 0 Å². The van der Waals surface area contributed by atoms with Gasteiger partial charge in [0.2, 0.25) is 0 Å². The predicted molar refractivity (Wildman–Crippen MR) is 83.9 cm³/mol. The first-order valence-electron chi connectivity index (χ1n) is 7.92. The van der Waals surface area contributed by atoms with E-state index in [1.165, 1.54) is 24.8 Å². The van der Waals surface area contributed by atoms with Crippen molar-refractivity contribution in [3.63, 3.8) is 0 Å². The van der Waals surface area contributed by atoms with Crippen molar-refractivity contribution >= 4 is 0 Å². The third-order valence-electron chi connectivity index (χ3n) is 3.76. The molecule has 1 nitrogen and oxygen atoms in total. The highest BCUT2D eigenvalue weighted by Crippen LogP contribution is 2.28. The maximum Gasteiger partial charge on any atom is 0.121 e. The van der Waals surface area contributed by atoms with E-state index >= 15 is 0 Å². The van der Waals surface area contributed by atoms with Crippen molar-refractivity contribution in [1.82, 2.24) is 0 Å². The first-order chi connectivity index (χ1) is 9.08. The van der Waals surface area contributed by atoms with Crippen molar-refractivity contribution in [1.29, 1.82) is 0 Å². The molecule has 0 heterocycles. The molecule has 0 fully saturated rings. The molecule has 1 aromatic rings. The minimum Gasteiger partial charge on any atom is -0.507 e. The summed E-state index contributed by atoms with van der Waals surface area (Å²) in [7, 11) is 0. The van der Waals surface area contributed by atoms with Crippen LogP contribution in [0, 0.1) is 5.92 Å². The molecule has 0 amide bonds. The van der Waals surface area contributed by atoms with E-state index in [2.05, 4.69) is 39.8 Å². The molecule has 0 saturated carbocycles. The van der Waals surface area contributed by atoms with Gasteiger partial charge in [-0.15, -0.1) is 0 Å². The molecule has 19 heavy (non-hydrogen) atoms. The van der Waals surface area contributed by atoms with E-state index in [-0.39, 0.29) is 0 Å². The van der Waals surface area contributed by atoms with Crippen LogP contribution in [0.4, 0.5) is 0 Å². The normalized spacial score (nSPS) is 11.2. The monoisotopic (exact) mass is 262 g/mol. The molecule has 0 unspecified atom stereocenters. The van der Waals surface area contributed by atoms with Crippen LogP contribution < -0.4 is 0 Å². The highest BCUT2D eigenvalue weighted by molar-refractivity contribution is 5.44. The van der Waals surface area contributed by atoms with Crippen LogP contribution in [0.3, 0.4) is 0 Å². The molecule has 1 aromatic carbocycles. The number of hydrogen-bond donors (Lipinski definition) is 1. The number of phenolic OH excluding ortho intramolecular Hbond substituents is 1. The zero-order valence-corrected chi connectivity index (χ0v) is 13.1. The largest absolute Gasteiger partial charge is 0.507 e. The predicted octanol–water partition coefficient (Wildman–Crippen LogP) is 5.28. The Balaban J connectivity index is 2.82. The van der Waals surface area contributed by atoms with E-state index in [1.807, 2.05) is 0 Å². The molecule has 0 aromatic heterocycles. The molecule has 0 bridgehead atoms. The Morgan fingerprint density at radius 3 is 2.05 bits per heavy atom. The van der Waals surface area contributed by atoms with E-state index < -0.39 is 0 Å². The SMILES string of the molecule is CCCCc1cc(CC)cc(CCCC(C)C)c1O. The van der Waals surface area contributed by atoms with Gasteiger partial charge in [-0.2, -0.15) is 0 Å². The average Bonchev–Trinajstić information content (AvgIpc) is 2.38. The number of aromatic hydroxyl groups is 1. The number of rotatable bonds is 8. The molecule has 108 valence electrons. The molecule has 0 atom stereocenters. The third kappa shape index (κ3) is 5.26. The molecular weight excluding hydrogens is 232 g/mol. The number of aryl methyl sites for hydroxylation is 3. The Kier molecular flexibility index (Phi) is 6.97. The molecule has 0 spiro atoms. The van der Waals surface area contributed by atoms with Gasteiger partial charge in [-0.1, -0.05) is 52.7 Å². The van der Waals surface area contributed by atoms with Gasteiger partial charge in [0.25, 0.3) is 0 Å². The van der Waals surface area contributed by atoms with Gasteiger partial charge in [-0.25, -0.2) is 0 Å². The van der Waals surface area contributed by atoms with Crippen molar-refractivity contribution in [2.75, 3.05) is 0 Å². The Hall–Kier alpha value is -0.980. The second-order valence-corrected chi connectivity index (χ2v) is 6.01. The number of unbranched alkanes of at least 4 members (excludes halogenated alkanes) is 1. The maximum atomic E-state index is 10.4. The lowest BCUT2D eigenvalue weighted by molar-refractivity contribution is 0.455. The van der Waals surface area contributed by atoms with Crippen molar-refractivity contribution in [3.05, 3.63) is 28.8 Å². The molecule has 1 heteroatoms. The first-order valence-corrected chi connectivity index (χ1v) is 7.92. The summed E-state index contributed by atoms with van der Waals surface area (Å²) in [5, 5.41) is 10.4. The first kappa shape index (κ1) is 16.1. The van der Waals surface area contributed by atoms with Crippen LogP contribution in [-0.2, 0) is 19.3 Å². The lowest BCUT2D eigenvalue weighted by Crippen LogP contribution is -1.97. The van der Waals surface area contributed by atoms with Crippen LogP contribution >= 0.6 is 0 Å². The summed E-state index contributed by atoms with van der Waals surface area (Å²) in [6.07, 6.45) is 7.82. The van der Waals surface area contributed by atoms with Crippen LogP contribution in [0.1, 0.15) is 70.1 Å². The number of benzene rings is 1. The fourth-order valence-corrected chi connectivity index (χ4v) is 2.49. The Bertz CT molecular complexity index is 380. The highest BCUT2D eigenvalue weighted by atomic mass is 16.3. The van der Waals surface area contributed by atoms with Crippen LogP contribution in [0.5, 0.6) is 5.75 Å². The fourth-order valence-electron chi connectivity index (χ4n) is 2.49. The lowest BCUT2D eigenvalue weighted by atomic mass is 9.95. The minimum absolute atomic E-state index is 0.564. The van der Waals surface area contributed by atoms with Gasteiger partial charge in [0.15, 0.2) is 0 Å². The molecule has 1 rings (SSSR count). The molecule has 0 aliphatic carbocycles. The average molecular weight is 262 g/mol. The van der Waals surface area contributed by atoms with Gasteiger partial charge >= 0.3 is 0 Å². The molecule has 0 saturated heterocycles. The van der Waals surface area contributed by atoms with Crippen LogP contribution in [0.2, 0.25) is 0 Å². The van der Waals surface area contributed by atoms with Gasteiger partial charge in [-0.3, -0.25) is 0 Å². The fraction of sp³-hybridized carbons (Fsp3) is 0.667. The van der Waals surface area contributed by atoms with Crippen molar-refractivity contribution < 1.29 is 5.11 Å². The second-order valence-electron chi connectivity index (χ2n) is 6.01. The van der Waals surface area contributed by atoms with Gasteiger partial charge in [-0.05, 0) is 54.7 Å². The molecule has 0 aliphatic heterocycles. The van der Waals surface area contributed by atoms with Gasteiger partial charge in [0.05, 0.1) is 0 Å². The van der Waals surface area contributed by atoms with E-state index in [4.69, 9.17) is 0 Å². The van der Waals surface area contributed by atoms with E-state index in [9.17, 15) is 5.11 Å². The van der Waals surface area contributed by atoms with Crippen LogP contribution in [0.25, 0.3) is 0 Å². The van der Waals surface area contributed by atoms with E-state index in [0.717, 1.165) is 42.7 Å². The molecule has 1 N–H and O–H groups in total. The van der Waals surface area contributed by atoms with Crippen LogP contribution in [0.15, 0.2) is 12.1 Å². The van der Waals surface area contributed by atoms with Crippen molar-refractivity contribution in [2.45, 2.75) is 72.6 Å². The second kappa shape index (κ2) is 8.24. The zero-order chi connectivity index (χ0) is 14.3. The number of hydrogen-bond acceptors (Lipinski definition) is 1. The maximum absolute atomic E-state index is 10.4. The Labute approximate surface area is 119 Å².